The first kappa shape index (κ1) is 14.7. The molecule has 1 heterocycles. The second-order valence-corrected chi connectivity index (χ2v) is 5.61. The molecule has 0 radical (unpaired) electrons. The van der Waals surface area contributed by atoms with E-state index >= 15 is 0 Å². The molecule has 0 aliphatic carbocycles. The zero-order valence-corrected chi connectivity index (χ0v) is 11.8. The number of hydrogen-bond donors (Lipinski definition) is 2. The van der Waals surface area contributed by atoms with Gasteiger partial charge in [-0.2, -0.15) is 0 Å². The summed E-state index contributed by atoms with van der Waals surface area (Å²) in [6.45, 7) is 3.08. The Morgan fingerprint density at radius 1 is 1.59 bits per heavy atom. The van der Waals surface area contributed by atoms with Gasteiger partial charge in [0.2, 0.25) is 10.0 Å². The molecule has 0 unspecified atom stereocenters. The molecule has 1 aromatic rings. The Kier molecular flexibility index (Phi) is 5.60. The van der Waals surface area contributed by atoms with Gasteiger partial charge in [-0.15, -0.1) is 0 Å². The Balaban J connectivity index is 2.72. The standard InChI is InChI=1S/C9H15BrN2O4S/c1-2-15-4-3-12-17(13,14)8-5-7(6-11)16-9(8)10/h5,12H,2-4,6,11H2,1H3. The first-order chi connectivity index (χ1) is 8.01. The predicted octanol–water partition coefficient (Wildman–Crippen LogP) is 0.816. The zero-order valence-electron chi connectivity index (χ0n) is 9.40. The molecular formula is C9H15BrN2O4S. The molecule has 0 aliphatic rings. The van der Waals surface area contributed by atoms with Crippen LogP contribution >= 0.6 is 15.9 Å². The van der Waals surface area contributed by atoms with Gasteiger partial charge in [0.15, 0.2) is 4.67 Å². The topological polar surface area (TPSA) is 94.6 Å². The lowest BCUT2D eigenvalue weighted by molar-refractivity contribution is 0.153. The van der Waals surface area contributed by atoms with Gasteiger partial charge in [0.05, 0.1) is 13.2 Å². The molecule has 6 nitrogen and oxygen atoms in total. The van der Waals surface area contributed by atoms with Gasteiger partial charge >= 0.3 is 0 Å². The summed E-state index contributed by atoms with van der Waals surface area (Å²) in [5.41, 5.74) is 5.37. The highest BCUT2D eigenvalue weighted by Gasteiger charge is 2.21. The van der Waals surface area contributed by atoms with E-state index in [1.807, 2.05) is 6.92 Å². The van der Waals surface area contributed by atoms with Crippen LogP contribution in [0.25, 0.3) is 0 Å². The third-order valence-corrected chi connectivity index (χ3v) is 4.26. The maximum Gasteiger partial charge on any atom is 0.245 e. The second kappa shape index (κ2) is 6.50. The fourth-order valence-corrected chi connectivity index (χ4v) is 3.16. The van der Waals surface area contributed by atoms with Gasteiger partial charge in [0.25, 0.3) is 0 Å². The SMILES string of the molecule is CCOCCNS(=O)(=O)c1cc(CN)oc1Br. The van der Waals surface area contributed by atoms with Crippen molar-refractivity contribution in [2.24, 2.45) is 5.73 Å². The smallest absolute Gasteiger partial charge is 0.245 e. The summed E-state index contributed by atoms with van der Waals surface area (Å²) in [6.07, 6.45) is 0. The number of nitrogens with two attached hydrogens (primary N) is 1. The monoisotopic (exact) mass is 326 g/mol. The predicted molar refractivity (Wildman–Crippen MR) is 66.0 cm³/mol. The Bertz CT molecular complexity index is 458. The maximum atomic E-state index is 11.8. The summed E-state index contributed by atoms with van der Waals surface area (Å²) >= 11 is 3.04. The summed E-state index contributed by atoms with van der Waals surface area (Å²) in [4.78, 5) is 0.0504. The van der Waals surface area contributed by atoms with Crippen LogP contribution in [-0.2, 0) is 21.3 Å². The van der Waals surface area contributed by atoms with Crippen LogP contribution in [0.1, 0.15) is 12.7 Å². The van der Waals surface area contributed by atoms with Crippen LogP contribution in [0.4, 0.5) is 0 Å². The summed E-state index contributed by atoms with van der Waals surface area (Å²) in [6, 6.07) is 1.40. The van der Waals surface area contributed by atoms with E-state index in [0.29, 0.717) is 19.0 Å². The average Bonchev–Trinajstić information content (AvgIpc) is 2.67. The van der Waals surface area contributed by atoms with E-state index < -0.39 is 10.0 Å². The molecule has 0 atom stereocenters. The quantitative estimate of drug-likeness (QED) is 0.723. The molecule has 98 valence electrons. The van der Waals surface area contributed by atoms with E-state index in [1.165, 1.54) is 6.07 Å². The molecule has 0 bridgehead atoms. The summed E-state index contributed by atoms with van der Waals surface area (Å²) in [5.74, 6) is 0.405. The highest BCUT2D eigenvalue weighted by atomic mass is 79.9. The van der Waals surface area contributed by atoms with Crippen LogP contribution in [0.3, 0.4) is 0 Å². The molecule has 0 saturated heterocycles. The van der Waals surface area contributed by atoms with E-state index in [9.17, 15) is 8.42 Å². The van der Waals surface area contributed by atoms with E-state index in [-0.39, 0.29) is 22.7 Å². The van der Waals surface area contributed by atoms with Gasteiger partial charge in [-0.25, -0.2) is 13.1 Å². The van der Waals surface area contributed by atoms with Crippen molar-refractivity contribution in [3.63, 3.8) is 0 Å². The lowest BCUT2D eigenvalue weighted by Crippen LogP contribution is -2.27. The number of sulfonamides is 1. The van der Waals surface area contributed by atoms with Crippen LogP contribution in [0.2, 0.25) is 0 Å². The number of rotatable bonds is 7. The van der Waals surface area contributed by atoms with Crippen molar-refractivity contribution in [2.75, 3.05) is 19.8 Å². The third kappa shape index (κ3) is 4.07. The molecule has 1 rings (SSSR count). The molecule has 0 aliphatic heterocycles. The molecule has 0 spiro atoms. The summed E-state index contributed by atoms with van der Waals surface area (Å²) in [5, 5.41) is 0. The van der Waals surface area contributed by atoms with Crippen molar-refractivity contribution in [1.82, 2.24) is 4.72 Å². The van der Waals surface area contributed by atoms with Crippen LogP contribution in [0.5, 0.6) is 0 Å². The normalized spacial score (nSPS) is 11.9. The fourth-order valence-electron chi connectivity index (χ4n) is 1.15. The van der Waals surface area contributed by atoms with Crippen LogP contribution in [-0.4, -0.2) is 28.2 Å². The lowest BCUT2D eigenvalue weighted by Gasteiger charge is -2.04. The number of nitrogens with one attached hydrogen (secondary N) is 1. The summed E-state index contributed by atoms with van der Waals surface area (Å²) < 4.78 is 36.4. The molecule has 0 amide bonds. The van der Waals surface area contributed by atoms with E-state index in [1.54, 1.807) is 0 Å². The van der Waals surface area contributed by atoms with Gasteiger partial charge in [-0.1, -0.05) is 0 Å². The molecule has 3 N–H and O–H groups in total. The van der Waals surface area contributed by atoms with E-state index in [4.69, 9.17) is 14.9 Å². The number of ether oxygens (including phenoxy) is 1. The largest absolute Gasteiger partial charge is 0.452 e. The average molecular weight is 327 g/mol. The highest BCUT2D eigenvalue weighted by molar-refractivity contribution is 9.10. The van der Waals surface area contributed by atoms with Crippen LogP contribution in [0, 0.1) is 0 Å². The zero-order chi connectivity index (χ0) is 12.9. The second-order valence-electron chi connectivity index (χ2n) is 3.15. The molecule has 17 heavy (non-hydrogen) atoms. The number of furan rings is 1. The van der Waals surface area contributed by atoms with E-state index in [2.05, 4.69) is 20.7 Å². The Morgan fingerprint density at radius 2 is 2.29 bits per heavy atom. The van der Waals surface area contributed by atoms with Gasteiger partial charge in [-0.3, -0.25) is 0 Å². The fraction of sp³-hybridized carbons (Fsp3) is 0.556. The van der Waals surface area contributed by atoms with Gasteiger partial charge in [0, 0.05) is 19.2 Å². The third-order valence-electron chi connectivity index (χ3n) is 1.94. The van der Waals surface area contributed by atoms with Gasteiger partial charge in [0.1, 0.15) is 10.7 Å². The van der Waals surface area contributed by atoms with Crippen molar-refractivity contribution in [1.29, 1.82) is 0 Å². The van der Waals surface area contributed by atoms with E-state index in [0.717, 1.165) is 0 Å². The lowest BCUT2D eigenvalue weighted by atomic mass is 10.5. The van der Waals surface area contributed by atoms with Crippen molar-refractivity contribution < 1.29 is 17.6 Å². The highest BCUT2D eigenvalue weighted by Crippen LogP contribution is 2.25. The van der Waals surface area contributed by atoms with Crippen LogP contribution in [0.15, 0.2) is 20.0 Å². The first-order valence-electron chi connectivity index (χ1n) is 5.07. The molecule has 1 aromatic heterocycles. The molecule has 0 aromatic carbocycles. The van der Waals surface area contributed by atoms with Crippen molar-refractivity contribution in [3.8, 4) is 0 Å². The Hall–Kier alpha value is -0.410. The van der Waals surface area contributed by atoms with Crippen molar-refractivity contribution >= 4 is 26.0 Å². The molecular weight excluding hydrogens is 312 g/mol. The van der Waals surface area contributed by atoms with Crippen molar-refractivity contribution in [3.05, 3.63) is 16.5 Å². The minimum absolute atomic E-state index is 0.0504. The van der Waals surface area contributed by atoms with Crippen molar-refractivity contribution in [2.45, 2.75) is 18.4 Å². The summed E-state index contributed by atoms with van der Waals surface area (Å²) in [7, 11) is -3.59. The molecule has 0 saturated carbocycles. The Morgan fingerprint density at radius 3 is 2.82 bits per heavy atom. The maximum absolute atomic E-state index is 11.8. The Labute approximate surface area is 109 Å². The number of hydrogen-bond acceptors (Lipinski definition) is 5. The van der Waals surface area contributed by atoms with Gasteiger partial charge in [-0.05, 0) is 22.9 Å². The minimum atomic E-state index is -3.59. The van der Waals surface area contributed by atoms with Crippen LogP contribution < -0.4 is 10.5 Å². The number of halogens is 1. The first-order valence-corrected chi connectivity index (χ1v) is 7.34. The minimum Gasteiger partial charge on any atom is -0.452 e. The molecule has 8 heteroatoms. The molecule has 0 fully saturated rings. The van der Waals surface area contributed by atoms with Gasteiger partial charge < -0.3 is 14.9 Å².